The molecular weight excluding hydrogens is 240 g/mol. The van der Waals surface area contributed by atoms with E-state index >= 15 is 0 Å². The Morgan fingerprint density at radius 1 is 1.41 bits per heavy atom. The molecule has 0 amide bonds. The van der Waals surface area contributed by atoms with Crippen molar-refractivity contribution in [1.82, 2.24) is 0 Å². The first kappa shape index (κ1) is 13.3. The van der Waals surface area contributed by atoms with Crippen molar-refractivity contribution in [1.29, 1.82) is 0 Å². The minimum Gasteiger partial charge on any atom is -0.361 e. The number of nitrogens with zero attached hydrogens (tertiary/aromatic N) is 2. The monoisotopic (exact) mass is 252 g/mol. The van der Waals surface area contributed by atoms with Crippen LogP contribution in [0, 0.1) is 0 Å². The number of rotatable bonds is 5. The van der Waals surface area contributed by atoms with Crippen LogP contribution in [0.1, 0.15) is 17.2 Å². The number of Topliss-reactive ketones (excluding diaryl/α,β-unsaturated/α-hetero) is 1. The summed E-state index contributed by atoms with van der Waals surface area (Å²) < 4.78 is 23.2. The molecule has 90 valence electrons. The molecule has 0 aromatic heterocycles. The van der Waals surface area contributed by atoms with Crippen LogP contribution in [0.5, 0.6) is 0 Å². The highest BCUT2D eigenvalue weighted by Gasteiger charge is 2.26. The van der Waals surface area contributed by atoms with Gasteiger partial charge in [-0.15, -0.1) is 0 Å². The van der Waals surface area contributed by atoms with E-state index in [-0.39, 0.29) is 6.42 Å². The first-order valence-corrected chi connectivity index (χ1v) is 6.84. The van der Waals surface area contributed by atoms with Crippen LogP contribution in [0.15, 0.2) is 30.3 Å². The maximum absolute atomic E-state index is 11.6. The van der Waals surface area contributed by atoms with E-state index in [2.05, 4.69) is 4.79 Å². The predicted octanol–water partition coefficient (Wildman–Crippen LogP) is 1.03. The van der Waals surface area contributed by atoms with Gasteiger partial charge in [-0.3, -0.25) is 4.79 Å². The highest BCUT2D eigenvalue weighted by atomic mass is 32.2. The van der Waals surface area contributed by atoms with Crippen molar-refractivity contribution in [2.45, 2.75) is 11.7 Å². The van der Waals surface area contributed by atoms with Gasteiger partial charge in [0.15, 0.2) is 9.84 Å². The number of carbonyl (C=O) groups excluding carboxylic acids is 1. The van der Waals surface area contributed by atoms with Crippen molar-refractivity contribution >= 4 is 21.8 Å². The summed E-state index contributed by atoms with van der Waals surface area (Å²) in [5.41, 5.74) is 8.77. The number of benzene rings is 1. The van der Waals surface area contributed by atoms with Crippen LogP contribution in [0.4, 0.5) is 0 Å². The van der Waals surface area contributed by atoms with Gasteiger partial charge < -0.3 is 5.53 Å². The fraction of sp³-hybridized carbons (Fsp3) is 0.273. The third-order valence-electron chi connectivity index (χ3n) is 2.28. The highest BCUT2D eigenvalue weighted by molar-refractivity contribution is 7.91. The van der Waals surface area contributed by atoms with Crippen molar-refractivity contribution in [3.8, 4) is 0 Å². The van der Waals surface area contributed by atoms with Crippen molar-refractivity contribution < 1.29 is 18.0 Å². The summed E-state index contributed by atoms with van der Waals surface area (Å²) in [6.45, 7) is 0. The van der Waals surface area contributed by atoms with E-state index in [9.17, 15) is 13.2 Å². The standard InChI is InChI=1S/C11H12N2O3S/c1-17(15,16)11(7-10(14)8-13-12)9-5-3-2-4-6-9/h2-6,8,11H,7H2,1H3. The molecule has 0 heterocycles. The lowest BCUT2D eigenvalue weighted by atomic mass is 10.1. The molecule has 0 aliphatic rings. The quantitative estimate of drug-likeness (QED) is 0.445. The molecule has 0 spiro atoms. The molecule has 0 bridgehead atoms. The van der Waals surface area contributed by atoms with Gasteiger partial charge in [0, 0.05) is 12.7 Å². The average Bonchev–Trinajstić information content (AvgIpc) is 2.26. The number of ketones is 1. The van der Waals surface area contributed by atoms with Gasteiger partial charge >= 0.3 is 6.21 Å². The zero-order chi connectivity index (χ0) is 12.9. The van der Waals surface area contributed by atoms with E-state index in [1.54, 1.807) is 30.3 Å². The van der Waals surface area contributed by atoms with Crippen LogP contribution in [-0.4, -0.2) is 31.5 Å². The molecule has 0 saturated heterocycles. The van der Waals surface area contributed by atoms with Gasteiger partial charge in [0.2, 0.25) is 5.78 Å². The van der Waals surface area contributed by atoms with Crippen LogP contribution in [-0.2, 0) is 14.6 Å². The smallest absolute Gasteiger partial charge is 0.323 e. The van der Waals surface area contributed by atoms with Gasteiger partial charge in [0.05, 0.1) is 5.25 Å². The number of hydrogen-bond acceptors (Lipinski definition) is 3. The average molecular weight is 252 g/mol. The largest absolute Gasteiger partial charge is 0.361 e. The van der Waals surface area contributed by atoms with E-state index in [0.29, 0.717) is 11.8 Å². The zero-order valence-electron chi connectivity index (χ0n) is 9.28. The lowest BCUT2D eigenvalue weighted by Crippen LogP contribution is -2.16. The lowest BCUT2D eigenvalue weighted by Gasteiger charge is -2.12. The van der Waals surface area contributed by atoms with Crippen LogP contribution in [0.3, 0.4) is 0 Å². The fourth-order valence-corrected chi connectivity index (χ4v) is 2.60. The van der Waals surface area contributed by atoms with Gasteiger partial charge in [-0.2, -0.15) is 4.79 Å². The van der Waals surface area contributed by atoms with E-state index < -0.39 is 20.9 Å². The zero-order valence-corrected chi connectivity index (χ0v) is 10.1. The highest BCUT2D eigenvalue weighted by Crippen LogP contribution is 2.24. The summed E-state index contributed by atoms with van der Waals surface area (Å²) in [5, 5.41) is -0.908. The fourth-order valence-electron chi connectivity index (χ4n) is 1.48. The molecule has 17 heavy (non-hydrogen) atoms. The first-order chi connectivity index (χ1) is 7.95. The van der Waals surface area contributed by atoms with E-state index in [0.717, 1.165) is 6.26 Å². The molecule has 0 fully saturated rings. The molecule has 0 radical (unpaired) electrons. The number of sulfone groups is 1. The summed E-state index contributed by atoms with van der Waals surface area (Å²) in [5.74, 6) is -0.535. The van der Waals surface area contributed by atoms with Gasteiger partial charge in [-0.25, -0.2) is 8.42 Å². The molecule has 0 aliphatic carbocycles. The Balaban J connectivity index is 3.07. The molecule has 5 nitrogen and oxygen atoms in total. The summed E-state index contributed by atoms with van der Waals surface area (Å²) in [4.78, 5) is 13.9. The third kappa shape index (κ3) is 3.94. The first-order valence-electron chi connectivity index (χ1n) is 4.89. The Bertz CT molecular complexity index is 545. The molecule has 1 aromatic rings. The second-order valence-electron chi connectivity index (χ2n) is 3.64. The summed E-state index contributed by atoms with van der Waals surface area (Å²) in [6.07, 6.45) is 1.56. The number of carbonyl (C=O) groups is 1. The SMILES string of the molecule is CS(=O)(=O)C(CC(=O)C=[N+]=[N-])c1ccccc1. The molecule has 6 heteroatoms. The van der Waals surface area contributed by atoms with Gasteiger partial charge in [-0.1, -0.05) is 30.3 Å². The molecular formula is C11H12N2O3S. The second kappa shape index (κ2) is 5.52. The van der Waals surface area contributed by atoms with Crippen LogP contribution < -0.4 is 0 Å². The minimum absolute atomic E-state index is 0.229. The summed E-state index contributed by atoms with van der Waals surface area (Å²) >= 11 is 0. The Morgan fingerprint density at radius 2 is 2.00 bits per heavy atom. The van der Waals surface area contributed by atoms with Crippen molar-refractivity contribution in [3.05, 3.63) is 41.4 Å². The normalized spacial score (nSPS) is 12.5. The molecule has 1 aromatic carbocycles. The maximum atomic E-state index is 11.6. The molecule has 0 saturated carbocycles. The van der Waals surface area contributed by atoms with E-state index in [1.807, 2.05) is 0 Å². The maximum Gasteiger partial charge on any atom is 0.323 e. The Hall–Kier alpha value is -1.78. The lowest BCUT2D eigenvalue weighted by molar-refractivity contribution is -0.116. The minimum atomic E-state index is -3.40. The van der Waals surface area contributed by atoms with E-state index in [4.69, 9.17) is 5.53 Å². The molecule has 0 aliphatic heterocycles. The predicted molar refractivity (Wildman–Crippen MR) is 63.3 cm³/mol. The van der Waals surface area contributed by atoms with Crippen LogP contribution >= 0.6 is 0 Å². The molecule has 1 rings (SSSR count). The van der Waals surface area contributed by atoms with Crippen molar-refractivity contribution in [2.75, 3.05) is 6.26 Å². The van der Waals surface area contributed by atoms with Crippen LogP contribution in [0.2, 0.25) is 0 Å². The van der Waals surface area contributed by atoms with Crippen LogP contribution in [0.25, 0.3) is 5.53 Å². The van der Waals surface area contributed by atoms with E-state index in [1.165, 1.54) is 0 Å². The molecule has 1 unspecified atom stereocenters. The van der Waals surface area contributed by atoms with Crippen molar-refractivity contribution in [3.63, 3.8) is 0 Å². The topological polar surface area (TPSA) is 87.6 Å². The Kier molecular flexibility index (Phi) is 4.31. The summed E-state index contributed by atoms with van der Waals surface area (Å²) in [6, 6.07) is 8.47. The molecule has 1 atom stereocenters. The Morgan fingerprint density at radius 3 is 2.47 bits per heavy atom. The Labute approximate surface area is 99.6 Å². The van der Waals surface area contributed by atoms with Gasteiger partial charge in [-0.05, 0) is 5.56 Å². The molecule has 0 N–H and O–H groups in total. The van der Waals surface area contributed by atoms with Gasteiger partial charge in [0.1, 0.15) is 0 Å². The van der Waals surface area contributed by atoms with Crippen molar-refractivity contribution in [2.24, 2.45) is 0 Å². The summed E-state index contributed by atoms with van der Waals surface area (Å²) in [7, 11) is -3.40. The number of hydrogen-bond donors (Lipinski definition) is 0. The third-order valence-corrected chi connectivity index (χ3v) is 3.75. The van der Waals surface area contributed by atoms with Gasteiger partial charge in [0.25, 0.3) is 0 Å². The second-order valence-corrected chi connectivity index (χ2v) is 5.87.